The molecular weight excluding hydrogens is 379 g/mol. The zero-order valence-electron chi connectivity index (χ0n) is 14.9. The molecule has 1 unspecified atom stereocenters. The van der Waals surface area contributed by atoms with Crippen LogP contribution in [0.1, 0.15) is 18.2 Å². The van der Waals surface area contributed by atoms with E-state index in [1.165, 1.54) is 11.9 Å². The molecule has 0 bridgehead atoms. The molecule has 1 aromatic carbocycles. The van der Waals surface area contributed by atoms with Crippen molar-refractivity contribution in [2.45, 2.75) is 20.8 Å². The van der Waals surface area contributed by atoms with Gasteiger partial charge in [0.25, 0.3) is 0 Å². The standard InChI is InChI=1S/C17H20Cl2N4O3/c1-9(16(24)25)8-22(4)17(26)20-15-10(2)11(3)21-23(15)12-5-6-13(18)14(19)7-12/h5-7,9H,8H2,1-4H3,(H,20,26)(H,24,25). The summed E-state index contributed by atoms with van der Waals surface area (Å²) >= 11 is 12.0. The van der Waals surface area contributed by atoms with Crippen molar-refractivity contribution in [1.29, 1.82) is 0 Å². The summed E-state index contributed by atoms with van der Waals surface area (Å²) < 4.78 is 1.57. The number of carbonyl (C=O) groups excluding carboxylic acids is 1. The third-order valence-electron chi connectivity index (χ3n) is 4.05. The highest BCUT2D eigenvalue weighted by Crippen LogP contribution is 2.28. The van der Waals surface area contributed by atoms with E-state index in [1.807, 2.05) is 13.8 Å². The van der Waals surface area contributed by atoms with Crippen molar-refractivity contribution in [2.75, 3.05) is 18.9 Å². The molecule has 7 nitrogen and oxygen atoms in total. The fourth-order valence-corrected chi connectivity index (χ4v) is 2.62. The van der Waals surface area contributed by atoms with Crippen LogP contribution >= 0.6 is 23.2 Å². The first-order valence-electron chi connectivity index (χ1n) is 7.88. The SMILES string of the molecule is Cc1nn(-c2ccc(Cl)c(Cl)c2)c(NC(=O)N(C)CC(C)C(=O)O)c1C. The van der Waals surface area contributed by atoms with Gasteiger partial charge in [-0.25, -0.2) is 9.48 Å². The van der Waals surface area contributed by atoms with E-state index in [1.54, 1.807) is 29.8 Å². The van der Waals surface area contributed by atoms with Crippen LogP contribution in [0.5, 0.6) is 0 Å². The Hall–Kier alpha value is -2.25. The number of carboxylic acids is 1. The van der Waals surface area contributed by atoms with Crippen molar-refractivity contribution in [3.63, 3.8) is 0 Å². The number of nitrogens with zero attached hydrogens (tertiary/aromatic N) is 3. The zero-order valence-corrected chi connectivity index (χ0v) is 16.4. The lowest BCUT2D eigenvalue weighted by Gasteiger charge is -2.20. The second-order valence-electron chi connectivity index (χ2n) is 6.12. The molecule has 1 aromatic heterocycles. The van der Waals surface area contributed by atoms with Gasteiger partial charge in [0.1, 0.15) is 5.82 Å². The number of hydrogen-bond donors (Lipinski definition) is 2. The lowest BCUT2D eigenvalue weighted by Crippen LogP contribution is -2.37. The fraction of sp³-hybridized carbons (Fsp3) is 0.353. The Labute approximate surface area is 161 Å². The minimum atomic E-state index is -0.961. The highest BCUT2D eigenvalue weighted by Gasteiger charge is 2.21. The normalized spacial score (nSPS) is 11.9. The fourth-order valence-electron chi connectivity index (χ4n) is 2.32. The molecular formula is C17H20Cl2N4O3. The van der Waals surface area contributed by atoms with E-state index in [0.29, 0.717) is 21.6 Å². The summed E-state index contributed by atoms with van der Waals surface area (Å²) in [7, 11) is 1.54. The maximum Gasteiger partial charge on any atom is 0.322 e. The highest BCUT2D eigenvalue weighted by atomic mass is 35.5. The number of aromatic nitrogens is 2. The lowest BCUT2D eigenvalue weighted by molar-refractivity contribution is -0.141. The van der Waals surface area contributed by atoms with Crippen LogP contribution in [0, 0.1) is 19.8 Å². The molecule has 140 valence electrons. The van der Waals surface area contributed by atoms with Crippen molar-refractivity contribution in [3.05, 3.63) is 39.5 Å². The van der Waals surface area contributed by atoms with Crippen LogP contribution < -0.4 is 5.32 Å². The molecule has 2 amide bonds. The number of aryl methyl sites for hydroxylation is 1. The largest absolute Gasteiger partial charge is 0.481 e. The highest BCUT2D eigenvalue weighted by molar-refractivity contribution is 6.42. The molecule has 0 spiro atoms. The number of amides is 2. The summed E-state index contributed by atoms with van der Waals surface area (Å²) in [6.07, 6.45) is 0. The number of urea groups is 1. The molecule has 2 N–H and O–H groups in total. The average molecular weight is 399 g/mol. The van der Waals surface area contributed by atoms with Gasteiger partial charge in [-0.3, -0.25) is 10.1 Å². The van der Waals surface area contributed by atoms with Crippen LogP contribution in [0.2, 0.25) is 10.0 Å². The molecule has 1 heterocycles. The van der Waals surface area contributed by atoms with Crippen LogP contribution in [-0.4, -0.2) is 45.4 Å². The number of hydrogen-bond acceptors (Lipinski definition) is 3. The van der Waals surface area contributed by atoms with Gasteiger partial charge in [0.05, 0.1) is 27.3 Å². The van der Waals surface area contributed by atoms with Crippen LogP contribution in [0.25, 0.3) is 5.69 Å². The number of benzene rings is 1. The maximum atomic E-state index is 12.5. The van der Waals surface area contributed by atoms with Gasteiger partial charge in [-0.1, -0.05) is 30.1 Å². The van der Waals surface area contributed by atoms with Crippen molar-refractivity contribution in [3.8, 4) is 5.69 Å². The van der Waals surface area contributed by atoms with E-state index < -0.39 is 17.9 Å². The minimum absolute atomic E-state index is 0.0834. The molecule has 9 heteroatoms. The van der Waals surface area contributed by atoms with Crippen LogP contribution in [-0.2, 0) is 4.79 Å². The summed E-state index contributed by atoms with van der Waals surface area (Å²) in [5, 5.41) is 17.0. The van der Waals surface area contributed by atoms with E-state index in [9.17, 15) is 9.59 Å². The van der Waals surface area contributed by atoms with Crippen molar-refractivity contribution in [1.82, 2.24) is 14.7 Å². The third-order valence-corrected chi connectivity index (χ3v) is 4.79. The lowest BCUT2D eigenvalue weighted by atomic mass is 10.2. The number of carboxylic acid groups (broad SMARTS) is 1. The monoisotopic (exact) mass is 398 g/mol. The molecule has 0 fully saturated rings. The first-order chi connectivity index (χ1) is 12.1. The zero-order chi connectivity index (χ0) is 19.6. The number of anilines is 1. The molecule has 0 aliphatic heterocycles. The maximum absolute atomic E-state index is 12.5. The van der Waals surface area contributed by atoms with Crippen LogP contribution in [0.3, 0.4) is 0 Å². The number of nitrogens with one attached hydrogen (secondary N) is 1. The first-order valence-corrected chi connectivity index (χ1v) is 8.64. The van der Waals surface area contributed by atoms with Crippen molar-refractivity contribution >= 4 is 41.0 Å². The van der Waals surface area contributed by atoms with Gasteiger partial charge < -0.3 is 10.0 Å². The Balaban J connectivity index is 2.30. The molecule has 0 radical (unpaired) electrons. The number of aliphatic carboxylic acids is 1. The smallest absolute Gasteiger partial charge is 0.322 e. The predicted octanol–water partition coefficient (Wildman–Crippen LogP) is 3.98. The van der Waals surface area contributed by atoms with Gasteiger partial charge in [-0.05, 0) is 32.0 Å². The summed E-state index contributed by atoms with van der Waals surface area (Å²) in [4.78, 5) is 24.8. The second kappa shape index (κ2) is 7.97. The molecule has 2 aromatic rings. The molecule has 0 aliphatic rings. The van der Waals surface area contributed by atoms with E-state index in [2.05, 4.69) is 10.4 Å². The van der Waals surface area contributed by atoms with Crippen molar-refractivity contribution in [2.24, 2.45) is 5.92 Å². The van der Waals surface area contributed by atoms with E-state index in [4.69, 9.17) is 28.3 Å². The minimum Gasteiger partial charge on any atom is -0.481 e. The first kappa shape index (κ1) is 20.1. The quantitative estimate of drug-likeness (QED) is 0.796. The number of carbonyl (C=O) groups is 2. The number of rotatable bonds is 5. The van der Waals surface area contributed by atoms with Gasteiger partial charge in [0, 0.05) is 19.2 Å². The van der Waals surface area contributed by atoms with Crippen LogP contribution in [0.4, 0.5) is 10.6 Å². The third kappa shape index (κ3) is 4.28. The second-order valence-corrected chi connectivity index (χ2v) is 6.93. The Morgan fingerprint density at radius 2 is 1.96 bits per heavy atom. The molecule has 26 heavy (non-hydrogen) atoms. The van der Waals surface area contributed by atoms with E-state index in [-0.39, 0.29) is 6.54 Å². The van der Waals surface area contributed by atoms with Gasteiger partial charge in [-0.15, -0.1) is 0 Å². The van der Waals surface area contributed by atoms with Crippen LogP contribution in [0.15, 0.2) is 18.2 Å². The summed E-state index contributed by atoms with van der Waals surface area (Å²) in [6.45, 7) is 5.29. The Kier molecular flexibility index (Phi) is 6.15. The Bertz CT molecular complexity index is 851. The average Bonchev–Trinajstić information content (AvgIpc) is 2.85. The molecule has 0 saturated carbocycles. The predicted molar refractivity (Wildman–Crippen MR) is 102 cm³/mol. The van der Waals surface area contributed by atoms with Gasteiger partial charge in [0.2, 0.25) is 0 Å². The molecule has 2 rings (SSSR count). The summed E-state index contributed by atoms with van der Waals surface area (Å²) in [5.74, 6) is -1.15. The van der Waals surface area contributed by atoms with Gasteiger partial charge in [0.15, 0.2) is 0 Å². The topological polar surface area (TPSA) is 87.5 Å². The summed E-state index contributed by atoms with van der Waals surface area (Å²) in [6, 6.07) is 4.62. The van der Waals surface area contributed by atoms with Crippen molar-refractivity contribution < 1.29 is 14.7 Å². The van der Waals surface area contributed by atoms with E-state index >= 15 is 0 Å². The number of halogens is 2. The summed E-state index contributed by atoms with van der Waals surface area (Å²) in [5.41, 5.74) is 2.18. The molecule has 0 saturated heterocycles. The van der Waals surface area contributed by atoms with Gasteiger partial charge in [-0.2, -0.15) is 5.10 Å². The van der Waals surface area contributed by atoms with E-state index in [0.717, 1.165) is 11.3 Å². The molecule has 1 atom stereocenters. The Morgan fingerprint density at radius 1 is 1.31 bits per heavy atom. The Morgan fingerprint density at radius 3 is 2.54 bits per heavy atom. The van der Waals surface area contributed by atoms with Gasteiger partial charge >= 0.3 is 12.0 Å². The molecule has 0 aliphatic carbocycles.